The Labute approximate surface area is 193 Å². The quantitative estimate of drug-likeness (QED) is 0.415. The van der Waals surface area contributed by atoms with Crippen molar-refractivity contribution in [3.63, 3.8) is 0 Å². The van der Waals surface area contributed by atoms with Gasteiger partial charge < -0.3 is 13.8 Å². The van der Waals surface area contributed by atoms with Crippen molar-refractivity contribution in [3.05, 3.63) is 89.7 Å². The first-order chi connectivity index (χ1) is 15.7. The van der Waals surface area contributed by atoms with E-state index in [4.69, 9.17) is 8.92 Å². The Hall–Kier alpha value is -3.39. The molecule has 0 fully saturated rings. The molecule has 174 valence electrons. The smallest absolute Gasteiger partial charge is 0.339 e. The van der Waals surface area contributed by atoms with E-state index in [9.17, 15) is 17.6 Å². The van der Waals surface area contributed by atoms with Gasteiger partial charge in [-0.2, -0.15) is 8.42 Å². The normalized spacial score (nSPS) is 11.3. The van der Waals surface area contributed by atoms with Crippen molar-refractivity contribution in [1.82, 2.24) is 4.90 Å². The lowest BCUT2D eigenvalue weighted by atomic mass is 10.1. The molecule has 0 atom stereocenters. The van der Waals surface area contributed by atoms with Crippen LogP contribution >= 0.6 is 0 Å². The molecular weight excluding hydrogens is 445 g/mol. The summed E-state index contributed by atoms with van der Waals surface area (Å²) in [6.45, 7) is 4.76. The molecule has 0 saturated carbocycles. The number of methoxy groups -OCH3 is 1. The summed E-state index contributed by atoms with van der Waals surface area (Å²) in [7, 11) is -2.50. The summed E-state index contributed by atoms with van der Waals surface area (Å²) in [5.74, 6) is 0.161. The molecule has 0 radical (unpaired) electrons. The Morgan fingerprint density at radius 3 is 2.18 bits per heavy atom. The molecule has 3 aromatic rings. The van der Waals surface area contributed by atoms with Gasteiger partial charge in [0, 0.05) is 18.7 Å². The molecule has 0 bridgehead atoms. The lowest BCUT2D eigenvalue weighted by Crippen LogP contribution is -2.33. The molecule has 0 aliphatic heterocycles. The van der Waals surface area contributed by atoms with E-state index in [1.165, 1.54) is 61.7 Å². The van der Waals surface area contributed by atoms with E-state index in [1.54, 1.807) is 23.1 Å². The van der Waals surface area contributed by atoms with E-state index in [1.807, 2.05) is 13.8 Å². The Morgan fingerprint density at radius 2 is 1.61 bits per heavy atom. The third-order valence-corrected chi connectivity index (χ3v) is 6.06. The van der Waals surface area contributed by atoms with Gasteiger partial charge in [0.2, 0.25) is 0 Å². The Morgan fingerprint density at radius 1 is 0.970 bits per heavy atom. The van der Waals surface area contributed by atoms with Gasteiger partial charge in [-0.3, -0.25) is 4.79 Å². The second-order valence-corrected chi connectivity index (χ2v) is 9.49. The first-order valence-electron chi connectivity index (χ1n) is 10.4. The molecule has 0 aliphatic carbocycles. The minimum absolute atomic E-state index is 0.0103. The van der Waals surface area contributed by atoms with Crippen LogP contribution in [0.1, 0.15) is 29.8 Å². The zero-order valence-electron chi connectivity index (χ0n) is 18.7. The molecule has 0 saturated heterocycles. The predicted octanol–water partition coefficient (Wildman–Crippen LogP) is 4.90. The molecule has 3 rings (SSSR count). The van der Waals surface area contributed by atoms with Gasteiger partial charge in [-0.05, 0) is 66.1 Å². The van der Waals surface area contributed by atoms with Gasteiger partial charge in [-0.15, -0.1) is 0 Å². The Bertz CT molecular complexity index is 1190. The summed E-state index contributed by atoms with van der Waals surface area (Å²) in [6.07, 6.45) is 0. The van der Waals surface area contributed by atoms with Gasteiger partial charge in [0.25, 0.3) is 5.91 Å². The number of benzene rings is 3. The van der Waals surface area contributed by atoms with Crippen molar-refractivity contribution in [3.8, 4) is 11.5 Å². The van der Waals surface area contributed by atoms with E-state index in [2.05, 4.69) is 0 Å². The monoisotopic (exact) mass is 471 g/mol. The van der Waals surface area contributed by atoms with E-state index in [0.717, 1.165) is 5.56 Å². The Balaban J connectivity index is 1.73. The van der Waals surface area contributed by atoms with Crippen LogP contribution in [0.25, 0.3) is 0 Å². The number of amides is 1. The molecule has 3 aromatic carbocycles. The lowest BCUT2D eigenvalue weighted by molar-refractivity contribution is 0.0722. The average Bonchev–Trinajstić information content (AvgIpc) is 2.79. The van der Waals surface area contributed by atoms with Gasteiger partial charge in [-0.1, -0.05) is 32.0 Å². The highest BCUT2D eigenvalue weighted by atomic mass is 32.2. The summed E-state index contributed by atoms with van der Waals surface area (Å²) >= 11 is 0. The third kappa shape index (κ3) is 6.55. The van der Waals surface area contributed by atoms with Crippen LogP contribution in [0, 0.1) is 11.7 Å². The van der Waals surface area contributed by atoms with Crippen molar-refractivity contribution in [2.24, 2.45) is 5.92 Å². The summed E-state index contributed by atoms with van der Waals surface area (Å²) in [6, 6.07) is 18.0. The molecule has 1 amide bonds. The van der Waals surface area contributed by atoms with Crippen molar-refractivity contribution in [1.29, 1.82) is 0 Å². The van der Waals surface area contributed by atoms with Crippen molar-refractivity contribution < 1.29 is 26.5 Å². The van der Waals surface area contributed by atoms with Crippen LogP contribution in [-0.4, -0.2) is 32.9 Å². The minimum Gasteiger partial charge on any atom is -0.497 e. The second kappa shape index (κ2) is 10.5. The molecule has 0 spiro atoms. The topological polar surface area (TPSA) is 72.9 Å². The maximum atomic E-state index is 13.6. The van der Waals surface area contributed by atoms with Gasteiger partial charge in [0.05, 0.1) is 7.11 Å². The van der Waals surface area contributed by atoms with E-state index in [0.29, 0.717) is 18.8 Å². The number of ether oxygens (including phenoxy) is 1. The SMILES string of the molecule is COc1ccc(S(=O)(=O)Oc2ccc(CN(CC(C)C)C(=O)c3cccc(F)c3)cc2)cc1. The second-order valence-electron chi connectivity index (χ2n) is 7.95. The molecule has 0 aliphatic rings. The van der Waals surface area contributed by atoms with Crippen LogP contribution in [-0.2, 0) is 16.7 Å². The zero-order valence-corrected chi connectivity index (χ0v) is 19.5. The maximum absolute atomic E-state index is 13.6. The van der Waals surface area contributed by atoms with Crippen LogP contribution in [0.4, 0.5) is 4.39 Å². The van der Waals surface area contributed by atoms with Crippen LogP contribution in [0.5, 0.6) is 11.5 Å². The highest BCUT2D eigenvalue weighted by molar-refractivity contribution is 7.87. The van der Waals surface area contributed by atoms with Crippen molar-refractivity contribution in [2.45, 2.75) is 25.3 Å². The molecule has 0 N–H and O–H groups in total. The van der Waals surface area contributed by atoms with Crippen LogP contribution in [0.3, 0.4) is 0 Å². The fraction of sp³-hybridized carbons (Fsp3) is 0.240. The Kier molecular flexibility index (Phi) is 7.71. The van der Waals surface area contributed by atoms with Crippen molar-refractivity contribution in [2.75, 3.05) is 13.7 Å². The van der Waals surface area contributed by atoms with Gasteiger partial charge in [0.1, 0.15) is 22.2 Å². The van der Waals surface area contributed by atoms with Gasteiger partial charge >= 0.3 is 10.1 Å². The van der Waals surface area contributed by atoms with E-state index >= 15 is 0 Å². The molecule has 6 nitrogen and oxygen atoms in total. The first kappa shape index (κ1) is 24.3. The van der Waals surface area contributed by atoms with Crippen LogP contribution in [0.2, 0.25) is 0 Å². The summed E-state index contributed by atoms with van der Waals surface area (Å²) in [5.41, 5.74) is 1.07. The average molecular weight is 472 g/mol. The minimum atomic E-state index is -4.00. The highest BCUT2D eigenvalue weighted by Gasteiger charge is 2.19. The number of hydrogen-bond acceptors (Lipinski definition) is 5. The fourth-order valence-electron chi connectivity index (χ4n) is 3.25. The fourth-order valence-corrected chi connectivity index (χ4v) is 4.18. The standard InChI is InChI=1S/C25H26FNO5S/c1-18(2)16-27(25(28)20-5-4-6-21(26)15-20)17-19-7-9-23(10-8-19)32-33(29,30)24-13-11-22(31-3)12-14-24/h4-15,18H,16-17H2,1-3H3. The highest BCUT2D eigenvalue weighted by Crippen LogP contribution is 2.22. The number of nitrogens with zero attached hydrogens (tertiary/aromatic N) is 1. The molecule has 0 aromatic heterocycles. The summed E-state index contributed by atoms with van der Waals surface area (Å²) in [5, 5.41) is 0. The number of carbonyl (C=O) groups is 1. The number of halogens is 1. The van der Waals surface area contributed by atoms with E-state index in [-0.39, 0.29) is 28.0 Å². The number of carbonyl (C=O) groups excluding carboxylic acids is 1. The molecule has 8 heteroatoms. The van der Waals surface area contributed by atoms with Crippen LogP contribution < -0.4 is 8.92 Å². The van der Waals surface area contributed by atoms with Crippen molar-refractivity contribution >= 4 is 16.0 Å². The third-order valence-electron chi connectivity index (χ3n) is 4.80. The number of hydrogen-bond donors (Lipinski definition) is 0. The van der Waals surface area contributed by atoms with E-state index < -0.39 is 15.9 Å². The lowest BCUT2D eigenvalue weighted by Gasteiger charge is -2.25. The molecule has 0 heterocycles. The summed E-state index contributed by atoms with van der Waals surface area (Å²) in [4.78, 5) is 14.6. The first-order valence-corrected chi connectivity index (χ1v) is 11.8. The largest absolute Gasteiger partial charge is 0.497 e. The predicted molar refractivity (Wildman–Crippen MR) is 123 cm³/mol. The van der Waals surface area contributed by atoms with Crippen LogP contribution in [0.15, 0.2) is 77.7 Å². The zero-order chi connectivity index (χ0) is 24.0. The summed E-state index contributed by atoms with van der Waals surface area (Å²) < 4.78 is 48.9. The molecule has 33 heavy (non-hydrogen) atoms. The number of rotatable bonds is 9. The molecule has 0 unspecified atom stereocenters. The molecular formula is C25H26FNO5S. The van der Waals surface area contributed by atoms with Gasteiger partial charge in [0.15, 0.2) is 0 Å². The van der Waals surface area contributed by atoms with Gasteiger partial charge in [-0.25, -0.2) is 4.39 Å². The maximum Gasteiger partial charge on any atom is 0.339 e.